The van der Waals surface area contributed by atoms with E-state index in [9.17, 15) is 4.79 Å². The Hall–Kier alpha value is -1.85. The highest BCUT2D eigenvalue weighted by molar-refractivity contribution is 7.98. The summed E-state index contributed by atoms with van der Waals surface area (Å²) in [5.41, 5.74) is 6.00. The first-order valence-electron chi connectivity index (χ1n) is 6.26. The largest absolute Gasteiger partial charge is 0.290 e. The summed E-state index contributed by atoms with van der Waals surface area (Å²) in [6.45, 7) is 4.19. The Balaban J connectivity index is 2.04. The van der Waals surface area contributed by atoms with Crippen LogP contribution in [0.1, 0.15) is 27.2 Å². The Morgan fingerprint density at radius 2 is 2.10 bits per heavy atom. The molecule has 2 aromatic rings. The van der Waals surface area contributed by atoms with E-state index in [0.29, 0.717) is 5.56 Å². The van der Waals surface area contributed by atoms with Crippen molar-refractivity contribution in [3.8, 4) is 0 Å². The van der Waals surface area contributed by atoms with Crippen LogP contribution in [0.4, 0.5) is 0 Å². The van der Waals surface area contributed by atoms with Gasteiger partial charge in [-0.25, -0.2) is 5.84 Å². The lowest BCUT2D eigenvalue weighted by Gasteiger charge is -2.07. The number of carbonyl (C=O) groups excluding carboxylic acids is 1. The van der Waals surface area contributed by atoms with E-state index in [2.05, 4.69) is 42.5 Å². The molecule has 0 aliphatic rings. The maximum atomic E-state index is 11.3. The van der Waals surface area contributed by atoms with E-state index >= 15 is 0 Å². The first-order valence-corrected chi connectivity index (χ1v) is 7.24. The third kappa shape index (κ3) is 3.59. The number of aromatic nitrogens is 1. The molecule has 0 spiro atoms. The number of thioether (sulfide) groups is 1. The first-order chi connectivity index (χ1) is 9.60. The fraction of sp³-hybridized carbons (Fsp3) is 0.200. The zero-order valence-corrected chi connectivity index (χ0v) is 12.3. The summed E-state index contributed by atoms with van der Waals surface area (Å²) in [5, 5.41) is 0. The second-order valence-electron chi connectivity index (χ2n) is 4.57. The number of amides is 1. The quantitative estimate of drug-likeness (QED) is 0.392. The predicted octanol–water partition coefficient (Wildman–Crippen LogP) is 2.59. The van der Waals surface area contributed by atoms with Gasteiger partial charge in [-0.1, -0.05) is 17.7 Å². The summed E-state index contributed by atoms with van der Waals surface area (Å²) in [6.07, 6.45) is 1.54. The van der Waals surface area contributed by atoms with Gasteiger partial charge in [-0.2, -0.15) is 0 Å². The van der Waals surface area contributed by atoms with Crippen molar-refractivity contribution in [1.29, 1.82) is 0 Å². The Morgan fingerprint density at radius 3 is 2.75 bits per heavy atom. The Labute approximate surface area is 122 Å². The van der Waals surface area contributed by atoms with E-state index in [4.69, 9.17) is 5.84 Å². The Morgan fingerprint density at radius 1 is 1.30 bits per heavy atom. The number of nitrogens with zero attached hydrogens (tertiary/aromatic N) is 1. The van der Waals surface area contributed by atoms with Crippen LogP contribution in [0.3, 0.4) is 0 Å². The van der Waals surface area contributed by atoms with Crippen molar-refractivity contribution < 1.29 is 4.79 Å². The molecule has 0 saturated carbocycles. The minimum absolute atomic E-state index is 0.328. The van der Waals surface area contributed by atoms with Gasteiger partial charge in [0.25, 0.3) is 5.91 Å². The van der Waals surface area contributed by atoms with Crippen LogP contribution in [0.5, 0.6) is 0 Å². The van der Waals surface area contributed by atoms with Crippen LogP contribution in [0, 0.1) is 13.8 Å². The van der Waals surface area contributed by atoms with E-state index in [-0.39, 0.29) is 5.91 Å². The molecule has 0 fully saturated rings. The molecule has 0 radical (unpaired) electrons. The van der Waals surface area contributed by atoms with Crippen LogP contribution in [-0.2, 0) is 5.75 Å². The molecule has 104 valence electrons. The van der Waals surface area contributed by atoms with Gasteiger partial charge in [-0.05, 0) is 37.6 Å². The molecule has 0 unspecified atom stereocenters. The van der Waals surface area contributed by atoms with Gasteiger partial charge in [0.1, 0.15) is 0 Å². The minimum Gasteiger partial charge on any atom is -0.290 e. The van der Waals surface area contributed by atoms with Gasteiger partial charge in [0.2, 0.25) is 0 Å². The van der Waals surface area contributed by atoms with Gasteiger partial charge in [-0.15, -0.1) is 11.8 Å². The summed E-state index contributed by atoms with van der Waals surface area (Å²) in [6, 6.07) is 9.99. The zero-order chi connectivity index (χ0) is 14.5. The van der Waals surface area contributed by atoms with Crippen molar-refractivity contribution in [3.63, 3.8) is 0 Å². The van der Waals surface area contributed by atoms with E-state index in [1.54, 1.807) is 24.0 Å². The maximum Gasteiger partial charge on any atom is 0.266 e. The molecule has 5 heteroatoms. The van der Waals surface area contributed by atoms with Crippen LogP contribution in [0.2, 0.25) is 0 Å². The molecule has 1 amide bonds. The van der Waals surface area contributed by atoms with Crippen LogP contribution >= 0.6 is 11.8 Å². The molecular formula is C15H17N3OS. The highest BCUT2D eigenvalue weighted by Crippen LogP contribution is 2.26. The molecule has 1 aromatic carbocycles. The highest BCUT2D eigenvalue weighted by atomic mass is 32.2. The molecule has 4 nitrogen and oxygen atoms in total. The maximum absolute atomic E-state index is 11.3. The zero-order valence-electron chi connectivity index (χ0n) is 11.5. The van der Waals surface area contributed by atoms with Gasteiger partial charge < -0.3 is 0 Å². The first kappa shape index (κ1) is 14.6. The van der Waals surface area contributed by atoms with E-state index in [1.165, 1.54) is 16.0 Å². The van der Waals surface area contributed by atoms with Crippen molar-refractivity contribution >= 4 is 17.7 Å². The SMILES string of the molecule is Cc1ccc(C)c(SCc2ccc(C(=O)NN)cn2)c1. The summed E-state index contributed by atoms with van der Waals surface area (Å²) < 4.78 is 0. The average molecular weight is 287 g/mol. The number of hydrazine groups is 1. The molecule has 0 aliphatic carbocycles. The topological polar surface area (TPSA) is 68.0 Å². The minimum atomic E-state index is -0.328. The number of hydrogen-bond acceptors (Lipinski definition) is 4. The standard InChI is InChI=1S/C15H17N3OS/c1-10-3-4-11(2)14(7-10)20-9-13-6-5-12(8-17-13)15(19)18-16/h3-8H,9,16H2,1-2H3,(H,18,19). The molecule has 1 aromatic heterocycles. The van der Waals surface area contributed by atoms with Crippen LogP contribution < -0.4 is 11.3 Å². The summed E-state index contributed by atoms with van der Waals surface area (Å²) in [4.78, 5) is 16.8. The molecule has 2 rings (SSSR count). The van der Waals surface area contributed by atoms with Crippen molar-refractivity contribution in [2.45, 2.75) is 24.5 Å². The summed E-state index contributed by atoms with van der Waals surface area (Å²) >= 11 is 1.75. The number of nitrogen functional groups attached to an aromatic ring is 1. The molecule has 0 saturated heterocycles. The Bertz CT molecular complexity index is 611. The van der Waals surface area contributed by atoms with Crippen LogP contribution in [0.25, 0.3) is 0 Å². The fourth-order valence-electron chi connectivity index (χ4n) is 1.74. The number of benzene rings is 1. The number of carbonyl (C=O) groups is 1. The smallest absolute Gasteiger partial charge is 0.266 e. The van der Waals surface area contributed by atoms with Gasteiger partial charge >= 0.3 is 0 Å². The van der Waals surface area contributed by atoms with E-state index in [0.717, 1.165) is 11.4 Å². The molecule has 0 bridgehead atoms. The number of pyridine rings is 1. The number of aryl methyl sites for hydroxylation is 2. The van der Waals surface area contributed by atoms with Crippen LogP contribution in [-0.4, -0.2) is 10.9 Å². The van der Waals surface area contributed by atoms with Gasteiger partial charge in [0, 0.05) is 16.8 Å². The molecule has 0 aliphatic heterocycles. The monoisotopic (exact) mass is 287 g/mol. The van der Waals surface area contributed by atoms with Crippen molar-refractivity contribution in [2.24, 2.45) is 5.84 Å². The van der Waals surface area contributed by atoms with Gasteiger partial charge in [0.05, 0.1) is 11.3 Å². The lowest BCUT2D eigenvalue weighted by molar-refractivity contribution is 0.0953. The number of rotatable bonds is 4. The number of nitrogens with two attached hydrogens (primary N) is 1. The molecular weight excluding hydrogens is 270 g/mol. The van der Waals surface area contributed by atoms with Crippen LogP contribution in [0.15, 0.2) is 41.4 Å². The fourth-order valence-corrected chi connectivity index (χ4v) is 2.78. The number of hydrogen-bond donors (Lipinski definition) is 2. The van der Waals surface area contributed by atoms with Crippen molar-refractivity contribution in [3.05, 3.63) is 58.9 Å². The van der Waals surface area contributed by atoms with E-state index in [1.807, 2.05) is 6.07 Å². The lowest BCUT2D eigenvalue weighted by atomic mass is 10.2. The lowest BCUT2D eigenvalue weighted by Crippen LogP contribution is -2.30. The summed E-state index contributed by atoms with van der Waals surface area (Å²) in [5.74, 6) is 5.52. The third-order valence-corrected chi connectivity index (χ3v) is 4.13. The van der Waals surface area contributed by atoms with Gasteiger partial charge in [-0.3, -0.25) is 15.2 Å². The molecule has 3 N–H and O–H groups in total. The molecule has 1 heterocycles. The predicted molar refractivity (Wildman–Crippen MR) is 81.4 cm³/mol. The van der Waals surface area contributed by atoms with Crippen molar-refractivity contribution in [1.82, 2.24) is 10.4 Å². The van der Waals surface area contributed by atoms with Gasteiger partial charge in [0.15, 0.2) is 0 Å². The third-order valence-electron chi connectivity index (χ3n) is 2.94. The molecule has 20 heavy (non-hydrogen) atoms. The second-order valence-corrected chi connectivity index (χ2v) is 5.59. The normalized spacial score (nSPS) is 10.3. The molecule has 0 atom stereocenters. The average Bonchev–Trinajstić information content (AvgIpc) is 2.48. The summed E-state index contributed by atoms with van der Waals surface area (Å²) in [7, 11) is 0. The highest BCUT2D eigenvalue weighted by Gasteiger charge is 2.05. The number of nitrogens with one attached hydrogen (secondary N) is 1. The Kier molecular flexibility index (Phi) is 4.76. The second kappa shape index (κ2) is 6.54. The van der Waals surface area contributed by atoms with E-state index < -0.39 is 0 Å². The van der Waals surface area contributed by atoms with Crippen molar-refractivity contribution in [2.75, 3.05) is 0 Å².